The number of nitrogens with zero attached hydrogens (tertiary/aromatic N) is 2. The van der Waals surface area contributed by atoms with Gasteiger partial charge in [0.15, 0.2) is 0 Å². The first kappa shape index (κ1) is 13.3. The van der Waals surface area contributed by atoms with E-state index in [2.05, 4.69) is 4.98 Å². The summed E-state index contributed by atoms with van der Waals surface area (Å²) in [5.41, 5.74) is 1.33. The van der Waals surface area contributed by atoms with Crippen molar-refractivity contribution in [3.05, 3.63) is 27.9 Å². The normalized spacial score (nSPS) is 18.4. The molecule has 5 nitrogen and oxygen atoms in total. The summed E-state index contributed by atoms with van der Waals surface area (Å²) in [7, 11) is 0. The minimum absolute atomic E-state index is 0.285. The summed E-state index contributed by atoms with van der Waals surface area (Å²) >= 11 is 2.98. The van der Waals surface area contributed by atoms with Crippen LogP contribution < -0.4 is 0 Å². The molecule has 1 aliphatic heterocycles. The fourth-order valence-corrected chi connectivity index (χ4v) is 3.81. The zero-order valence-corrected chi connectivity index (χ0v) is 12.1. The second kappa shape index (κ2) is 5.34. The molecule has 1 amide bonds. The van der Waals surface area contributed by atoms with E-state index in [1.165, 1.54) is 16.2 Å². The van der Waals surface area contributed by atoms with Crippen molar-refractivity contribution in [3.63, 3.8) is 0 Å². The zero-order chi connectivity index (χ0) is 14.1. The molecule has 0 saturated carbocycles. The first-order valence-corrected chi connectivity index (χ1v) is 8.01. The lowest BCUT2D eigenvalue weighted by Crippen LogP contribution is -2.40. The fourth-order valence-electron chi connectivity index (χ4n) is 2.30. The summed E-state index contributed by atoms with van der Waals surface area (Å²) in [6.07, 6.45) is 1.24. The van der Waals surface area contributed by atoms with Crippen molar-refractivity contribution >= 4 is 34.6 Å². The summed E-state index contributed by atoms with van der Waals surface area (Å²) in [6, 6.07) is 1.24. The first-order chi connectivity index (χ1) is 9.66. The number of aromatic nitrogens is 1. The maximum atomic E-state index is 12.4. The Hall–Kier alpha value is -1.73. The van der Waals surface area contributed by atoms with Gasteiger partial charge in [-0.1, -0.05) is 0 Å². The maximum Gasteiger partial charge on any atom is 0.326 e. The van der Waals surface area contributed by atoms with Crippen LogP contribution in [0.3, 0.4) is 0 Å². The largest absolute Gasteiger partial charge is 0.480 e. The Bertz CT molecular complexity index is 636. The van der Waals surface area contributed by atoms with Gasteiger partial charge < -0.3 is 10.0 Å². The zero-order valence-electron chi connectivity index (χ0n) is 10.5. The van der Waals surface area contributed by atoms with Crippen LogP contribution in [0.5, 0.6) is 0 Å². The standard InChI is InChI=1S/C13H12N2O3S2/c16-12(15-4-1-2-10(15)13(17)18)9-7-20-11(14-9)8-3-5-19-6-8/h3,5-7,10H,1-2,4H2,(H,17,18)/t10-/m0/s1. The van der Waals surface area contributed by atoms with Crippen LogP contribution in [-0.2, 0) is 4.79 Å². The van der Waals surface area contributed by atoms with E-state index < -0.39 is 12.0 Å². The van der Waals surface area contributed by atoms with E-state index in [9.17, 15) is 9.59 Å². The summed E-state index contributed by atoms with van der Waals surface area (Å²) < 4.78 is 0. The number of carboxylic acids is 1. The van der Waals surface area contributed by atoms with Crippen LogP contribution in [0, 0.1) is 0 Å². The number of carbonyl (C=O) groups is 2. The number of hydrogen-bond donors (Lipinski definition) is 1. The Kier molecular flexibility index (Phi) is 3.54. The number of rotatable bonds is 3. The molecule has 1 N–H and O–H groups in total. The monoisotopic (exact) mass is 308 g/mol. The lowest BCUT2D eigenvalue weighted by Gasteiger charge is -2.20. The maximum absolute atomic E-state index is 12.4. The molecule has 1 atom stereocenters. The van der Waals surface area contributed by atoms with Gasteiger partial charge in [-0.05, 0) is 24.3 Å². The van der Waals surface area contributed by atoms with Crippen molar-refractivity contribution in [2.75, 3.05) is 6.54 Å². The molecule has 0 aromatic carbocycles. The Morgan fingerprint density at radius 2 is 2.25 bits per heavy atom. The third-order valence-corrected chi connectivity index (χ3v) is 4.86. The SMILES string of the molecule is O=C(O)[C@@H]1CCCN1C(=O)c1csc(-c2ccsc2)n1. The van der Waals surface area contributed by atoms with Crippen molar-refractivity contribution in [3.8, 4) is 10.6 Å². The fraction of sp³-hybridized carbons (Fsp3) is 0.308. The lowest BCUT2D eigenvalue weighted by molar-refractivity contribution is -0.141. The molecule has 3 rings (SSSR count). The molecule has 20 heavy (non-hydrogen) atoms. The Labute approximate surface area is 123 Å². The predicted octanol–water partition coefficient (Wildman–Crippen LogP) is 2.56. The second-order valence-corrected chi connectivity index (χ2v) is 6.18. The van der Waals surface area contributed by atoms with Crippen LogP contribution in [-0.4, -0.2) is 39.5 Å². The van der Waals surface area contributed by atoms with Crippen LogP contribution in [0.4, 0.5) is 0 Å². The van der Waals surface area contributed by atoms with Crippen molar-refractivity contribution in [2.24, 2.45) is 0 Å². The molecule has 2 aromatic heterocycles. The molecule has 0 radical (unpaired) electrons. The van der Waals surface area contributed by atoms with Crippen LogP contribution >= 0.6 is 22.7 Å². The molecule has 1 saturated heterocycles. The molecule has 1 fully saturated rings. The summed E-state index contributed by atoms with van der Waals surface area (Å²) in [4.78, 5) is 29.2. The topological polar surface area (TPSA) is 70.5 Å². The highest BCUT2D eigenvalue weighted by Gasteiger charge is 2.35. The van der Waals surface area contributed by atoms with E-state index >= 15 is 0 Å². The van der Waals surface area contributed by atoms with Gasteiger partial charge in [-0.3, -0.25) is 4.79 Å². The number of hydrogen-bond acceptors (Lipinski definition) is 5. The molecule has 104 valence electrons. The minimum Gasteiger partial charge on any atom is -0.480 e. The molecule has 0 bridgehead atoms. The van der Waals surface area contributed by atoms with Crippen LogP contribution in [0.25, 0.3) is 10.6 Å². The number of thiazole rings is 1. The summed E-state index contributed by atoms with van der Waals surface area (Å²) in [5.74, 6) is -1.23. The third kappa shape index (κ3) is 2.34. The number of amides is 1. The van der Waals surface area contributed by atoms with Crippen LogP contribution in [0.1, 0.15) is 23.3 Å². The van der Waals surface area contributed by atoms with Gasteiger partial charge in [0, 0.05) is 22.9 Å². The van der Waals surface area contributed by atoms with Gasteiger partial charge in [0.05, 0.1) is 0 Å². The number of aliphatic carboxylic acids is 1. The van der Waals surface area contributed by atoms with Gasteiger partial charge in [-0.25, -0.2) is 9.78 Å². The third-order valence-electron chi connectivity index (χ3n) is 3.29. The minimum atomic E-state index is -0.941. The number of likely N-dealkylation sites (tertiary alicyclic amines) is 1. The highest BCUT2D eigenvalue weighted by atomic mass is 32.1. The van der Waals surface area contributed by atoms with E-state index in [1.807, 2.05) is 16.8 Å². The second-order valence-electron chi connectivity index (χ2n) is 4.54. The molecule has 3 heterocycles. The van der Waals surface area contributed by atoms with Crippen molar-refractivity contribution in [1.29, 1.82) is 0 Å². The average molecular weight is 308 g/mol. The van der Waals surface area contributed by atoms with Gasteiger partial charge in [-0.2, -0.15) is 11.3 Å². The molecule has 7 heteroatoms. The number of thiophene rings is 1. The molecule has 0 aliphatic carbocycles. The van der Waals surface area contributed by atoms with Gasteiger partial charge in [0.2, 0.25) is 0 Å². The highest BCUT2D eigenvalue weighted by Crippen LogP contribution is 2.27. The van der Waals surface area contributed by atoms with Crippen molar-refractivity contribution in [1.82, 2.24) is 9.88 Å². The van der Waals surface area contributed by atoms with Crippen molar-refractivity contribution in [2.45, 2.75) is 18.9 Å². The van der Waals surface area contributed by atoms with Gasteiger partial charge in [-0.15, -0.1) is 11.3 Å². The van der Waals surface area contributed by atoms with E-state index in [-0.39, 0.29) is 5.91 Å². The molecule has 0 unspecified atom stereocenters. The first-order valence-electron chi connectivity index (χ1n) is 6.18. The average Bonchev–Trinajstić information content (AvgIpc) is 3.17. The van der Waals surface area contributed by atoms with Gasteiger partial charge in [0.1, 0.15) is 16.7 Å². The Balaban J connectivity index is 1.83. The number of carbonyl (C=O) groups excluding carboxylic acids is 1. The Morgan fingerprint density at radius 1 is 1.40 bits per heavy atom. The predicted molar refractivity (Wildman–Crippen MR) is 77.1 cm³/mol. The molecular formula is C13H12N2O3S2. The van der Waals surface area contributed by atoms with Gasteiger partial charge >= 0.3 is 5.97 Å². The van der Waals surface area contributed by atoms with E-state index in [0.717, 1.165) is 17.0 Å². The van der Waals surface area contributed by atoms with Crippen LogP contribution in [0.15, 0.2) is 22.2 Å². The summed E-state index contributed by atoms with van der Waals surface area (Å²) in [6.45, 7) is 0.487. The number of carboxylic acid groups (broad SMARTS) is 1. The lowest BCUT2D eigenvalue weighted by atomic mass is 10.2. The molecular weight excluding hydrogens is 296 g/mol. The Morgan fingerprint density at radius 3 is 2.95 bits per heavy atom. The molecule has 0 spiro atoms. The van der Waals surface area contributed by atoms with E-state index in [0.29, 0.717) is 18.7 Å². The molecule has 1 aliphatic rings. The molecule has 2 aromatic rings. The van der Waals surface area contributed by atoms with Crippen molar-refractivity contribution < 1.29 is 14.7 Å². The smallest absolute Gasteiger partial charge is 0.326 e. The summed E-state index contributed by atoms with van der Waals surface area (Å²) in [5, 5.41) is 15.6. The van der Waals surface area contributed by atoms with E-state index in [1.54, 1.807) is 16.7 Å². The van der Waals surface area contributed by atoms with Crippen LogP contribution in [0.2, 0.25) is 0 Å². The quantitative estimate of drug-likeness (QED) is 0.946. The van der Waals surface area contributed by atoms with E-state index in [4.69, 9.17) is 5.11 Å². The van der Waals surface area contributed by atoms with Gasteiger partial charge in [0.25, 0.3) is 5.91 Å². The highest BCUT2D eigenvalue weighted by molar-refractivity contribution is 7.14.